The minimum atomic E-state index is -4.36. The molecular weight excluding hydrogens is 273 g/mol. The number of nitrogens with one attached hydrogen (secondary N) is 1. The molecule has 2 N–H and O–H groups in total. The summed E-state index contributed by atoms with van der Waals surface area (Å²) in [5.41, 5.74) is 2.87. The second-order valence-electron chi connectivity index (χ2n) is 4.63. The van der Waals surface area contributed by atoms with Gasteiger partial charge in [0, 0.05) is 19.6 Å². The number of nitrogens with zero attached hydrogens (tertiary/aromatic N) is 1. The van der Waals surface area contributed by atoms with Crippen molar-refractivity contribution in [3.8, 4) is 0 Å². The van der Waals surface area contributed by atoms with E-state index in [-0.39, 0.29) is 25.0 Å². The summed E-state index contributed by atoms with van der Waals surface area (Å²) in [6.45, 7) is 0.364. The Labute approximate surface area is 114 Å². The Morgan fingerprint density at radius 3 is 2.50 bits per heavy atom. The average molecular weight is 288 g/mol. The molecule has 7 heteroatoms. The molecular formula is C13H15F3N2O2. The van der Waals surface area contributed by atoms with Crippen LogP contribution in [0.2, 0.25) is 0 Å². The fraction of sp³-hybridized carbons (Fsp3) is 0.462. The zero-order chi connectivity index (χ0) is 14.8. The zero-order valence-electron chi connectivity index (χ0n) is 10.7. The number of carbonyl (C=O) groups is 1. The Hall–Kier alpha value is -1.60. The molecule has 0 aromatic heterocycles. The summed E-state index contributed by atoms with van der Waals surface area (Å²) in [6.07, 6.45) is -3.69. The zero-order valence-corrected chi connectivity index (χ0v) is 10.7. The summed E-state index contributed by atoms with van der Waals surface area (Å²) in [6, 6.07) is 4.46. The summed E-state index contributed by atoms with van der Waals surface area (Å²) < 4.78 is 37.4. The lowest BCUT2D eigenvalue weighted by atomic mass is 10.0. The maximum atomic E-state index is 12.5. The summed E-state index contributed by atoms with van der Waals surface area (Å²) in [5.74, 6) is -0.122. The van der Waals surface area contributed by atoms with Crippen molar-refractivity contribution in [2.24, 2.45) is 0 Å². The fourth-order valence-corrected chi connectivity index (χ4v) is 2.11. The fourth-order valence-electron chi connectivity index (χ4n) is 2.11. The lowest BCUT2D eigenvalue weighted by molar-refractivity contribution is -0.137. The van der Waals surface area contributed by atoms with Gasteiger partial charge in [-0.25, -0.2) is 5.43 Å². The first kappa shape index (κ1) is 14.8. The highest BCUT2D eigenvalue weighted by atomic mass is 19.4. The molecule has 1 aromatic rings. The maximum absolute atomic E-state index is 12.5. The molecule has 0 saturated carbocycles. The van der Waals surface area contributed by atoms with Crippen LogP contribution in [-0.2, 0) is 11.0 Å². The highest BCUT2D eigenvalue weighted by molar-refractivity contribution is 5.78. The molecule has 20 heavy (non-hydrogen) atoms. The lowest BCUT2D eigenvalue weighted by Crippen LogP contribution is -2.36. The molecule has 1 aromatic carbocycles. The summed E-state index contributed by atoms with van der Waals surface area (Å²) in [4.78, 5) is 11.7. The molecule has 0 spiro atoms. The minimum absolute atomic E-state index is 0.0175. The van der Waals surface area contributed by atoms with Gasteiger partial charge in [-0.1, -0.05) is 12.1 Å². The van der Waals surface area contributed by atoms with Crippen LogP contribution in [0, 0.1) is 0 Å². The van der Waals surface area contributed by atoms with Crippen molar-refractivity contribution >= 4 is 5.91 Å². The summed E-state index contributed by atoms with van der Waals surface area (Å²) in [5, 5.41) is 10.1. The van der Waals surface area contributed by atoms with E-state index in [0.717, 1.165) is 12.1 Å². The Kier molecular flexibility index (Phi) is 4.29. The molecule has 1 heterocycles. The van der Waals surface area contributed by atoms with Crippen molar-refractivity contribution in [3.05, 3.63) is 35.4 Å². The van der Waals surface area contributed by atoms with Crippen LogP contribution in [0.25, 0.3) is 0 Å². The molecule has 1 aliphatic rings. The minimum Gasteiger partial charge on any atom is -0.396 e. The Morgan fingerprint density at radius 2 is 1.95 bits per heavy atom. The van der Waals surface area contributed by atoms with Gasteiger partial charge in [-0.2, -0.15) is 13.2 Å². The second-order valence-corrected chi connectivity index (χ2v) is 4.63. The number of benzene rings is 1. The van der Waals surface area contributed by atoms with E-state index in [1.165, 1.54) is 17.1 Å². The van der Waals surface area contributed by atoms with E-state index in [1.807, 2.05) is 0 Å². The first-order chi connectivity index (χ1) is 9.41. The number of alkyl halides is 3. The first-order valence-electron chi connectivity index (χ1n) is 6.26. The van der Waals surface area contributed by atoms with Gasteiger partial charge in [0.25, 0.3) is 0 Å². The predicted molar refractivity (Wildman–Crippen MR) is 65.4 cm³/mol. The number of hydrazine groups is 1. The number of halogens is 3. The van der Waals surface area contributed by atoms with E-state index < -0.39 is 11.7 Å². The van der Waals surface area contributed by atoms with Crippen molar-refractivity contribution in [3.63, 3.8) is 0 Å². The largest absolute Gasteiger partial charge is 0.416 e. The molecule has 2 rings (SSSR count). The summed E-state index contributed by atoms with van der Waals surface area (Å²) >= 11 is 0. The van der Waals surface area contributed by atoms with E-state index >= 15 is 0 Å². The Balaban J connectivity index is 2.04. The van der Waals surface area contributed by atoms with E-state index in [2.05, 4.69) is 5.43 Å². The van der Waals surface area contributed by atoms with Gasteiger partial charge in [-0.05, 0) is 24.1 Å². The highest BCUT2D eigenvalue weighted by Gasteiger charge is 2.32. The number of amides is 1. The molecule has 0 bridgehead atoms. The monoisotopic (exact) mass is 288 g/mol. The molecule has 1 amide bonds. The average Bonchev–Trinajstić information content (AvgIpc) is 2.77. The number of aliphatic hydroxyl groups is 1. The predicted octanol–water partition coefficient (Wildman–Crippen LogP) is 1.87. The smallest absolute Gasteiger partial charge is 0.396 e. The van der Waals surface area contributed by atoms with Crippen molar-refractivity contribution in [2.45, 2.75) is 25.1 Å². The van der Waals surface area contributed by atoms with Crippen LogP contribution >= 0.6 is 0 Å². The third kappa shape index (κ3) is 3.29. The van der Waals surface area contributed by atoms with Crippen molar-refractivity contribution in [1.82, 2.24) is 10.4 Å². The van der Waals surface area contributed by atoms with Crippen LogP contribution in [0.1, 0.15) is 30.0 Å². The van der Waals surface area contributed by atoms with Gasteiger partial charge in [0.15, 0.2) is 0 Å². The third-order valence-electron chi connectivity index (χ3n) is 3.17. The van der Waals surface area contributed by atoms with Gasteiger partial charge < -0.3 is 5.11 Å². The molecule has 1 aliphatic heterocycles. The first-order valence-corrected chi connectivity index (χ1v) is 6.26. The molecule has 4 nitrogen and oxygen atoms in total. The van der Waals surface area contributed by atoms with Gasteiger partial charge in [-0.3, -0.25) is 9.80 Å². The maximum Gasteiger partial charge on any atom is 0.416 e. The van der Waals surface area contributed by atoms with E-state index in [1.54, 1.807) is 0 Å². The van der Waals surface area contributed by atoms with Crippen molar-refractivity contribution in [1.29, 1.82) is 0 Å². The lowest BCUT2D eigenvalue weighted by Gasteiger charge is -2.18. The van der Waals surface area contributed by atoms with Crippen LogP contribution in [0.3, 0.4) is 0 Å². The normalized spacial score (nSPS) is 19.7. The number of carbonyl (C=O) groups excluding carboxylic acids is 1. The van der Waals surface area contributed by atoms with Gasteiger partial charge >= 0.3 is 6.18 Å². The quantitative estimate of drug-likeness (QED) is 0.889. The van der Waals surface area contributed by atoms with Crippen LogP contribution in [0.15, 0.2) is 24.3 Å². The van der Waals surface area contributed by atoms with E-state index in [4.69, 9.17) is 5.11 Å². The van der Waals surface area contributed by atoms with Crippen molar-refractivity contribution < 1.29 is 23.1 Å². The van der Waals surface area contributed by atoms with E-state index in [0.29, 0.717) is 18.5 Å². The second kappa shape index (κ2) is 5.80. The number of hydrogen-bond donors (Lipinski definition) is 2. The SMILES string of the molecule is O=C1CC(c2ccc(C(F)(F)F)cc2)NN1CCCO. The van der Waals surface area contributed by atoms with Gasteiger partial charge in [0.2, 0.25) is 5.91 Å². The topological polar surface area (TPSA) is 52.6 Å². The van der Waals surface area contributed by atoms with Crippen molar-refractivity contribution in [2.75, 3.05) is 13.2 Å². The van der Waals surface area contributed by atoms with Gasteiger partial charge in [0.05, 0.1) is 11.6 Å². The number of aliphatic hydroxyl groups excluding tert-OH is 1. The Morgan fingerprint density at radius 1 is 1.30 bits per heavy atom. The Bertz CT molecular complexity index is 473. The molecule has 1 unspecified atom stereocenters. The van der Waals surface area contributed by atoms with Crippen LogP contribution in [-0.4, -0.2) is 29.2 Å². The highest BCUT2D eigenvalue weighted by Crippen LogP contribution is 2.31. The van der Waals surface area contributed by atoms with Crippen LogP contribution in [0.5, 0.6) is 0 Å². The standard InChI is InChI=1S/C13H15F3N2O2/c14-13(15,16)10-4-2-9(3-5-10)11-8-12(20)18(17-11)6-1-7-19/h2-5,11,17,19H,1,6-8H2. The van der Waals surface area contributed by atoms with Crippen LogP contribution in [0.4, 0.5) is 13.2 Å². The third-order valence-corrected chi connectivity index (χ3v) is 3.17. The molecule has 0 aliphatic carbocycles. The van der Waals surface area contributed by atoms with Crippen LogP contribution < -0.4 is 5.43 Å². The molecule has 1 fully saturated rings. The summed E-state index contributed by atoms with van der Waals surface area (Å²) in [7, 11) is 0. The molecule has 0 radical (unpaired) electrons. The van der Waals surface area contributed by atoms with E-state index in [9.17, 15) is 18.0 Å². The molecule has 110 valence electrons. The van der Waals surface area contributed by atoms with Gasteiger partial charge in [0.1, 0.15) is 0 Å². The number of rotatable bonds is 4. The number of hydrogen-bond acceptors (Lipinski definition) is 3. The molecule has 1 saturated heterocycles. The van der Waals surface area contributed by atoms with Gasteiger partial charge in [-0.15, -0.1) is 0 Å². The molecule has 1 atom stereocenters.